The zero-order valence-corrected chi connectivity index (χ0v) is 17.9. The Kier molecular flexibility index (Phi) is 11.4. The van der Waals surface area contributed by atoms with Gasteiger partial charge in [0.25, 0.3) is 0 Å². The molecule has 0 aliphatic rings. The van der Waals surface area contributed by atoms with E-state index in [0.717, 1.165) is 38.5 Å². The van der Waals surface area contributed by atoms with Gasteiger partial charge in [0.1, 0.15) is 12.5 Å². The van der Waals surface area contributed by atoms with Gasteiger partial charge in [-0.2, -0.15) is 0 Å². The number of nitrogens with two attached hydrogens (primary N) is 2. The predicted molar refractivity (Wildman–Crippen MR) is 105 cm³/mol. The number of hydrogen-bond donors (Lipinski definition) is 2. The first-order valence-corrected chi connectivity index (χ1v) is 10.1. The number of rotatable bonds is 14. The maximum Gasteiger partial charge on any atom is 0.106 e. The Morgan fingerprint density at radius 1 is 0.680 bits per heavy atom. The van der Waals surface area contributed by atoms with E-state index < -0.39 is 11.2 Å². The molecule has 152 valence electrons. The lowest BCUT2D eigenvalue weighted by atomic mass is 9.92. The van der Waals surface area contributed by atoms with E-state index in [1.54, 1.807) is 0 Å². The summed E-state index contributed by atoms with van der Waals surface area (Å²) in [4.78, 5) is 0. The first kappa shape index (κ1) is 24.8. The highest BCUT2D eigenvalue weighted by molar-refractivity contribution is 4.88. The van der Waals surface area contributed by atoms with Gasteiger partial charge in [0.05, 0.1) is 23.4 Å². The highest BCUT2D eigenvalue weighted by atomic mass is 16.6. The minimum absolute atomic E-state index is 0.0533. The molecule has 0 aromatic rings. The van der Waals surface area contributed by atoms with Crippen LogP contribution in [-0.4, -0.2) is 35.9 Å². The summed E-state index contributed by atoms with van der Waals surface area (Å²) in [6, 6.07) is 0. The average Bonchev–Trinajstić information content (AvgIpc) is 2.53. The molecule has 4 atom stereocenters. The van der Waals surface area contributed by atoms with Crippen LogP contribution in [-0.2, 0) is 14.2 Å². The molecule has 4 N–H and O–H groups in total. The summed E-state index contributed by atoms with van der Waals surface area (Å²) in [6.45, 7) is 16.7. The third-order valence-electron chi connectivity index (χ3n) is 4.70. The lowest BCUT2D eigenvalue weighted by Gasteiger charge is -2.44. The van der Waals surface area contributed by atoms with Crippen molar-refractivity contribution in [2.45, 2.75) is 130 Å². The van der Waals surface area contributed by atoms with Gasteiger partial charge >= 0.3 is 0 Å². The van der Waals surface area contributed by atoms with Crippen LogP contribution in [0.15, 0.2) is 0 Å². The normalized spacial score (nSPS) is 18.0. The van der Waals surface area contributed by atoms with E-state index in [1.807, 2.05) is 13.8 Å². The molecule has 0 aliphatic heterocycles. The molecule has 0 heterocycles. The van der Waals surface area contributed by atoms with Gasteiger partial charge in [0.15, 0.2) is 0 Å². The Bertz CT molecular complexity index is 348. The molecule has 0 rings (SSSR count). The van der Waals surface area contributed by atoms with E-state index in [9.17, 15) is 0 Å². The third kappa shape index (κ3) is 8.83. The van der Waals surface area contributed by atoms with Crippen molar-refractivity contribution < 1.29 is 14.2 Å². The van der Waals surface area contributed by atoms with E-state index in [2.05, 4.69) is 41.5 Å². The summed E-state index contributed by atoms with van der Waals surface area (Å²) in [5.41, 5.74) is 11.1. The molecule has 0 spiro atoms. The summed E-state index contributed by atoms with van der Waals surface area (Å²) < 4.78 is 18.8. The molecule has 0 bridgehead atoms. The van der Waals surface area contributed by atoms with Crippen molar-refractivity contribution in [1.29, 1.82) is 0 Å². The van der Waals surface area contributed by atoms with Crippen LogP contribution in [0.4, 0.5) is 0 Å². The molecule has 0 aromatic heterocycles. The molecule has 25 heavy (non-hydrogen) atoms. The largest absolute Gasteiger partial charge is 0.367 e. The van der Waals surface area contributed by atoms with Crippen molar-refractivity contribution in [3.05, 3.63) is 0 Å². The van der Waals surface area contributed by atoms with E-state index >= 15 is 0 Å². The Labute approximate surface area is 156 Å². The lowest BCUT2D eigenvalue weighted by Crippen LogP contribution is -2.53. The number of hydrogen-bond acceptors (Lipinski definition) is 5. The maximum atomic E-state index is 6.59. The van der Waals surface area contributed by atoms with E-state index in [1.165, 1.54) is 0 Å². The third-order valence-corrected chi connectivity index (χ3v) is 4.70. The molecule has 4 unspecified atom stereocenters. The molecular formula is C20H44N2O3. The van der Waals surface area contributed by atoms with Crippen molar-refractivity contribution in [2.24, 2.45) is 11.5 Å². The van der Waals surface area contributed by atoms with Crippen molar-refractivity contribution in [3.8, 4) is 0 Å². The quantitative estimate of drug-likeness (QED) is 0.451. The maximum absolute atomic E-state index is 6.59. The highest BCUT2D eigenvalue weighted by Gasteiger charge is 2.40. The highest BCUT2D eigenvalue weighted by Crippen LogP contribution is 2.32. The van der Waals surface area contributed by atoms with Crippen LogP contribution in [0.25, 0.3) is 0 Å². The predicted octanol–water partition coefficient (Wildman–Crippen LogP) is 4.32. The van der Waals surface area contributed by atoms with E-state index in [4.69, 9.17) is 25.7 Å². The second-order valence-electron chi connectivity index (χ2n) is 8.03. The smallest absolute Gasteiger partial charge is 0.106 e. The van der Waals surface area contributed by atoms with Crippen LogP contribution in [0.3, 0.4) is 0 Å². The van der Waals surface area contributed by atoms with Gasteiger partial charge in [-0.15, -0.1) is 0 Å². The summed E-state index contributed by atoms with van der Waals surface area (Å²) >= 11 is 0. The van der Waals surface area contributed by atoms with Crippen molar-refractivity contribution in [1.82, 2.24) is 0 Å². The van der Waals surface area contributed by atoms with Gasteiger partial charge < -0.3 is 25.7 Å². The lowest BCUT2D eigenvalue weighted by molar-refractivity contribution is -0.227. The Balaban J connectivity index is 5.27. The minimum Gasteiger partial charge on any atom is -0.367 e. The molecule has 0 radical (unpaired) electrons. The Morgan fingerprint density at radius 2 is 1.12 bits per heavy atom. The van der Waals surface area contributed by atoms with Crippen LogP contribution in [0, 0.1) is 0 Å². The first-order valence-electron chi connectivity index (χ1n) is 10.1. The van der Waals surface area contributed by atoms with Crippen molar-refractivity contribution in [3.63, 3.8) is 0 Å². The molecule has 0 aliphatic carbocycles. The topological polar surface area (TPSA) is 79.7 Å². The van der Waals surface area contributed by atoms with Gasteiger partial charge in [-0.3, -0.25) is 0 Å². The molecule has 0 saturated heterocycles. The van der Waals surface area contributed by atoms with Gasteiger partial charge in [0.2, 0.25) is 0 Å². The fourth-order valence-corrected chi connectivity index (χ4v) is 2.95. The monoisotopic (exact) mass is 360 g/mol. The van der Waals surface area contributed by atoms with Crippen molar-refractivity contribution in [2.75, 3.05) is 0 Å². The zero-order valence-electron chi connectivity index (χ0n) is 17.9. The number of ether oxygens (including phenoxy) is 3. The SMILES string of the molecule is CCCC(OC(C)(C)C(CCC)OC(N)CC)C(C)(C)OC(N)CC. The standard InChI is InChI=1S/C20H44N2O3/c1-9-13-15(23-17(21)11-3)19(5,6)24-16(14-10-2)20(7,8)25-18(22)12-4/h15-18H,9-14,21-22H2,1-8H3. The Morgan fingerprint density at radius 3 is 1.56 bits per heavy atom. The summed E-state index contributed by atoms with van der Waals surface area (Å²) in [5.74, 6) is 0. The van der Waals surface area contributed by atoms with Gasteiger partial charge in [-0.1, -0.05) is 40.5 Å². The molecule has 0 fully saturated rings. The van der Waals surface area contributed by atoms with E-state index in [0.29, 0.717) is 0 Å². The zero-order chi connectivity index (χ0) is 19.7. The molecule has 0 saturated carbocycles. The van der Waals surface area contributed by atoms with Gasteiger partial charge in [0, 0.05) is 0 Å². The molecule has 5 nitrogen and oxygen atoms in total. The molecule has 0 aromatic carbocycles. The molecule has 5 heteroatoms. The minimum atomic E-state index is -0.466. The molecule has 0 amide bonds. The average molecular weight is 361 g/mol. The second-order valence-corrected chi connectivity index (χ2v) is 8.03. The van der Waals surface area contributed by atoms with Crippen LogP contribution in [0.1, 0.15) is 93.9 Å². The Hall–Kier alpha value is -0.200. The summed E-state index contributed by atoms with van der Waals surface area (Å²) in [6.07, 6.45) is 4.76. The second kappa shape index (κ2) is 11.5. The van der Waals surface area contributed by atoms with Crippen LogP contribution >= 0.6 is 0 Å². The molecular weight excluding hydrogens is 316 g/mol. The summed E-state index contributed by atoms with van der Waals surface area (Å²) in [7, 11) is 0. The van der Waals surface area contributed by atoms with Crippen LogP contribution < -0.4 is 11.5 Å². The fraction of sp³-hybridized carbons (Fsp3) is 1.00. The fourth-order valence-electron chi connectivity index (χ4n) is 2.95. The van der Waals surface area contributed by atoms with Gasteiger partial charge in [-0.05, 0) is 53.4 Å². The van der Waals surface area contributed by atoms with Crippen molar-refractivity contribution >= 4 is 0 Å². The van der Waals surface area contributed by atoms with Crippen LogP contribution in [0.5, 0.6) is 0 Å². The summed E-state index contributed by atoms with van der Waals surface area (Å²) in [5, 5.41) is 0. The van der Waals surface area contributed by atoms with E-state index in [-0.39, 0.29) is 24.7 Å². The first-order chi connectivity index (χ1) is 11.5. The van der Waals surface area contributed by atoms with Crippen LogP contribution in [0.2, 0.25) is 0 Å². The van der Waals surface area contributed by atoms with Gasteiger partial charge in [-0.25, -0.2) is 0 Å².